The summed E-state index contributed by atoms with van der Waals surface area (Å²) in [6, 6.07) is 7.47. The summed E-state index contributed by atoms with van der Waals surface area (Å²) in [5.74, 6) is -0.444. The highest BCUT2D eigenvalue weighted by atomic mass is 32.1. The van der Waals surface area contributed by atoms with Gasteiger partial charge in [0.1, 0.15) is 5.82 Å². The van der Waals surface area contributed by atoms with Gasteiger partial charge in [-0.15, -0.1) is 11.3 Å². The molecule has 1 aromatic carbocycles. The van der Waals surface area contributed by atoms with E-state index in [-0.39, 0.29) is 11.4 Å². The number of para-hydroxylation sites is 1. The number of hydrogen-bond acceptors (Lipinski definition) is 5. The van der Waals surface area contributed by atoms with Crippen LogP contribution in [0, 0.1) is 15.9 Å². The number of anilines is 2. The number of hydrogen-bond donors (Lipinski definition) is 1. The molecule has 2 aromatic rings. The Labute approximate surface area is 125 Å². The van der Waals surface area contributed by atoms with Crippen LogP contribution in [-0.4, -0.2) is 16.6 Å². The second-order valence-corrected chi connectivity index (χ2v) is 5.53. The van der Waals surface area contributed by atoms with Gasteiger partial charge < -0.3 is 10.0 Å². The van der Waals surface area contributed by atoms with Crippen LogP contribution < -0.4 is 4.90 Å². The quantitative estimate of drug-likeness (QED) is 0.669. The fourth-order valence-electron chi connectivity index (χ4n) is 2.01. The van der Waals surface area contributed by atoms with Crippen molar-refractivity contribution >= 4 is 27.7 Å². The van der Waals surface area contributed by atoms with Crippen molar-refractivity contribution in [2.45, 2.75) is 20.0 Å². The van der Waals surface area contributed by atoms with Gasteiger partial charge in [0.25, 0.3) is 0 Å². The second-order valence-electron chi connectivity index (χ2n) is 4.47. The number of rotatable bonds is 5. The Bertz CT molecular complexity index is 657. The highest BCUT2D eigenvalue weighted by molar-refractivity contribution is 7.16. The van der Waals surface area contributed by atoms with Crippen LogP contribution in [0.3, 0.4) is 0 Å². The lowest BCUT2D eigenvalue weighted by atomic mass is 10.2. The first-order chi connectivity index (χ1) is 9.95. The maximum atomic E-state index is 14.0. The molecule has 0 fully saturated rings. The minimum Gasteiger partial charge on any atom is -0.388 e. The predicted octanol–water partition coefficient (Wildman–Crippen LogP) is 4.01. The Morgan fingerprint density at radius 3 is 2.67 bits per heavy atom. The molecule has 1 heterocycles. The number of aliphatic hydroxyl groups is 1. The molecule has 1 aromatic heterocycles. The first-order valence-electron chi connectivity index (χ1n) is 6.44. The molecule has 5 nitrogen and oxygen atoms in total. The van der Waals surface area contributed by atoms with Gasteiger partial charge in [-0.2, -0.15) is 0 Å². The van der Waals surface area contributed by atoms with Crippen LogP contribution in [0.4, 0.5) is 20.8 Å². The lowest BCUT2D eigenvalue weighted by Gasteiger charge is -2.21. The number of thiophene rings is 1. The van der Waals surface area contributed by atoms with Crippen LogP contribution in [0.25, 0.3) is 0 Å². The fourth-order valence-corrected chi connectivity index (χ4v) is 3.15. The summed E-state index contributed by atoms with van der Waals surface area (Å²) in [4.78, 5) is 12.7. The van der Waals surface area contributed by atoms with Gasteiger partial charge >= 0.3 is 5.69 Å². The summed E-state index contributed by atoms with van der Waals surface area (Å²) in [7, 11) is 0. The molecule has 7 heteroatoms. The van der Waals surface area contributed by atoms with Gasteiger partial charge in [0.15, 0.2) is 5.00 Å². The zero-order valence-electron chi connectivity index (χ0n) is 11.6. The van der Waals surface area contributed by atoms with Crippen molar-refractivity contribution in [2.75, 3.05) is 11.4 Å². The van der Waals surface area contributed by atoms with E-state index in [0.29, 0.717) is 16.4 Å². The van der Waals surface area contributed by atoms with E-state index in [1.807, 2.05) is 0 Å². The van der Waals surface area contributed by atoms with E-state index >= 15 is 0 Å². The number of aliphatic hydroxyl groups excluding tert-OH is 1. The Morgan fingerprint density at radius 2 is 2.14 bits per heavy atom. The third-order valence-electron chi connectivity index (χ3n) is 3.03. The molecule has 0 saturated carbocycles. The zero-order valence-corrected chi connectivity index (χ0v) is 12.4. The molecule has 21 heavy (non-hydrogen) atoms. The van der Waals surface area contributed by atoms with Crippen LogP contribution in [0.1, 0.15) is 24.8 Å². The van der Waals surface area contributed by atoms with Crippen molar-refractivity contribution in [3.63, 3.8) is 0 Å². The molecule has 0 saturated heterocycles. The number of nitro groups is 1. The highest BCUT2D eigenvalue weighted by Crippen LogP contribution is 2.43. The van der Waals surface area contributed by atoms with E-state index in [0.717, 1.165) is 11.3 Å². The maximum Gasteiger partial charge on any atom is 0.304 e. The standard InChI is InChI=1S/C14H15FN2O3S/c1-3-16(11-7-5-4-6-10(11)15)14-12(17(19)20)8-13(21-14)9(2)18/h4-9,18H,3H2,1-2H3/t9-/m1/s1. The van der Waals surface area contributed by atoms with Crippen LogP contribution in [0.5, 0.6) is 0 Å². The van der Waals surface area contributed by atoms with Crippen molar-refractivity contribution in [3.05, 3.63) is 51.1 Å². The van der Waals surface area contributed by atoms with E-state index < -0.39 is 16.8 Å². The van der Waals surface area contributed by atoms with Gasteiger partial charge in [0, 0.05) is 17.5 Å². The molecule has 0 aliphatic carbocycles. The van der Waals surface area contributed by atoms with E-state index in [2.05, 4.69) is 0 Å². The van der Waals surface area contributed by atoms with E-state index in [9.17, 15) is 19.6 Å². The minimum absolute atomic E-state index is 0.124. The summed E-state index contributed by atoms with van der Waals surface area (Å²) < 4.78 is 14.0. The fraction of sp³-hybridized carbons (Fsp3) is 0.286. The van der Waals surface area contributed by atoms with E-state index in [1.165, 1.54) is 12.1 Å². The molecule has 0 aliphatic rings. The van der Waals surface area contributed by atoms with Gasteiger partial charge in [-0.3, -0.25) is 10.1 Å². The topological polar surface area (TPSA) is 66.6 Å². The molecule has 2 rings (SSSR count). The van der Waals surface area contributed by atoms with Crippen molar-refractivity contribution < 1.29 is 14.4 Å². The van der Waals surface area contributed by atoms with Gasteiger partial charge in [0.05, 0.1) is 16.7 Å². The Morgan fingerprint density at radius 1 is 1.48 bits per heavy atom. The monoisotopic (exact) mass is 310 g/mol. The molecule has 0 unspecified atom stereocenters. The maximum absolute atomic E-state index is 14.0. The summed E-state index contributed by atoms with van der Waals surface area (Å²) in [6.07, 6.45) is -0.804. The van der Waals surface area contributed by atoms with Gasteiger partial charge in [0.2, 0.25) is 0 Å². The van der Waals surface area contributed by atoms with Gasteiger partial charge in [-0.05, 0) is 26.0 Å². The molecule has 0 bridgehead atoms. The van der Waals surface area contributed by atoms with Crippen LogP contribution in [0.15, 0.2) is 30.3 Å². The number of halogens is 1. The van der Waals surface area contributed by atoms with Crippen molar-refractivity contribution in [3.8, 4) is 0 Å². The highest BCUT2D eigenvalue weighted by Gasteiger charge is 2.26. The van der Waals surface area contributed by atoms with Crippen molar-refractivity contribution in [2.24, 2.45) is 0 Å². The summed E-state index contributed by atoms with van der Waals surface area (Å²) in [6.45, 7) is 3.71. The smallest absolute Gasteiger partial charge is 0.304 e. The first-order valence-corrected chi connectivity index (χ1v) is 7.25. The minimum atomic E-state index is -0.804. The molecule has 0 spiro atoms. The molecular formula is C14H15FN2O3S. The molecular weight excluding hydrogens is 295 g/mol. The number of benzene rings is 1. The molecule has 112 valence electrons. The third kappa shape index (κ3) is 3.03. The largest absolute Gasteiger partial charge is 0.388 e. The third-order valence-corrected chi connectivity index (χ3v) is 4.34. The molecule has 0 radical (unpaired) electrons. The zero-order chi connectivity index (χ0) is 15.6. The first kappa shape index (κ1) is 15.4. The lowest BCUT2D eigenvalue weighted by molar-refractivity contribution is -0.383. The molecule has 1 N–H and O–H groups in total. The van der Waals surface area contributed by atoms with Crippen molar-refractivity contribution in [1.29, 1.82) is 0 Å². The summed E-state index contributed by atoms with van der Waals surface area (Å²) >= 11 is 1.10. The Kier molecular flexibility index (Phi) is 4.54. The van der Waals surface area contributed by atoms with Gasteiger partial charge in [-0.1, -0.05) is 12.1 Å². The average Bonchev–Trinajstić information content (AvgIpc) is 2.87. The average molecular weight is 310 g/mol. The van der Waals surface area contributed by atoms with E-state index in [1.54, 1.807) is 36.9 Å². The van der Waals surface area contributed by atoms with Crippen LogP contribution >= 0.6 is 11.3 Å². The molecule has 1 atom stereocenters. The summed E-state index contributed by atoms with van der Waals surface area (Å²) in [5.41, 5.74) is 0.156. The van der Waals surface area contributed by atoms with Crippen molar-refractivity contribution in [1.82, 2.24) is 0 Å². The van der Waals surface area contributed by atoms with Crippen LogP contribution in [0.2, 0.25) is 0 Å². The van der Waals surface area contributed by atoms with Gasteiger partial charge in [-0.25, -0.2) is 4.39 Å². The Balaban J connectivity index is 2.57. The normalized spacial score (nSPS) is 12.2. The van der Waals surface area contributed by atoms with Crippen LogP contribution in [-0.2, 0) is 0 Å². The van der Waals surface area contributed by atoms with E-state index in [4.69, 9.17) is 0 Å². The SMILES string of the molecule is CCN(c1ccccc1F)c1sc([C@@H](C)O)cc1[N+](=O)[O-]. The Hall–Kier alpha value is -1.99. The molecule has 0 amide bonds. The summed E-state index contributed by atoms with van der Waals surface area (Å²) in [5, 5.41) is 21.1. The molecule has 0 aliphatic heterocycles. The predicted molar refractivity (Wildman–Crippen MR) is 80.7 cm³/mol. The lowest BCUT2D eigenvalue weighted by Crippen LogP contribution is -2.17. The number of nitrogens with zero attached hydrogens (tertiary/aromatic N) is 2. The second kappa shape index (κ2) is 6.19.